The molecule has 0 spiro atoms. The molecule has 2 N–H and O–H groups in total. The lowest BCUT2D eigenvalue weighted by atomic mass is 10.2. The molecule has 2 amide bonds. The van der Waals surface area contributed by atoms with Crippen molar-refractivity contribution in [3.63, 3.8) is 0 Å². The van der Waals surface area contributed by atoms with Crippen LogP contribution in [-0.4, -0.2) is 46.6 Å². The van der Waals surface area contributed by atoms with Gasteiger partial charge in [-0.25, -0.2) is 4.79 Å². The number of hydrogen-bond donors (Lipinski definition) is 2. The van der Waals surface area contributed by atoms with Crippen molar-refractivity contribution in [3.05, 3.63) is 29.8 Å². The molecule has 1 aliphatic heterocycles. The predicted molar refractivity (Wildman–Crippen MR) is 96.4 cm³/mol. The monoisotopic (exact) mass is 349 g/mol. The van der Waals surface area contributed by atoms with Gasteiger partial charge in [0.25, 0.3) is 0 Å². The average Bonchev–Trinajstić information content (AvgIpc) is 3.24. The van der Waals surface area contributed by atoms with Gasteiger partial charge in [0.2, 0.25) is 0 Å². The van der Waals surface area contributed by atoms with E-state index in [1.54, 1.807) is 6.26 Å². The van der Waals surface area contributed by atoms with Crippen molar-refractivity contribution >= 4 is 16.8 Å². The number of nitrogens with zero attached hydrogens (tertiary/aromatic N) is 1. The van der Waals surface area contributed by atoms with Crippen LogP contribution in [-0.2, 0) is 17.3 Å². The van der Waals surface area contributed by atoms with Crippen LogP contribution in [0.1, 0.15) is 37.7 Å². The fourth-order valence-electron chi connectivity index (χ4n) is 3.72. The van der Waals surface area contributed by atoms with Crippen LogP contribution in [0.2, 0.25) is 0 Å². The molecule has 2 atom stereocenters. The first kappa shape index (κ1) is 17.4. The lowest BCUT2D eigenvalue weighted by Crippen LogP contribution is -2.43. The topological polar surface area (TPSA) is 61.4 Å². The molecule has 6 heteroatoms. The third kappa shape index (κ3) is 4.57. The van der Waals surface area contributed by atoms with Gasteiger partial charge in [0, 0.05) is 53.7 Å². The minimum Gasteiger partial charge on any atom is -0.334 e. The first-order valence-corrected chi connectivity index (χ1v) is 10.4. The van der Waals surface area contributed by atoms with Crippen molar-refractivity contribution in [3.8, 4) is 0 Å². The highest BCUT2D eigenvalue weighted by Gasteiger charge is 2.30. The number of likely N-dealkylation sites (tertiary alicyclic amines) is 1. The Balaban J connectivity index is 1.40. The van der Waals surface area contributed by atoms with E-state index < -0.39 is 10.8 Å². The number of benzene rings is 1. The molecular formula is C18H27N3O2S. The number of amides is 2. The number of carbonyl (C=O) groups is 1. The van der Waals surface area contributed by atoms with Crippen LogP contribution in [0.25, 0.3) is 0 Å². The maximum Gasteiger partial charge on any atom is 0.315 e. The third-order valence-electron chi connectivity index (χ3n) is 5.10. The molecule has 0 unspecified atom stereocenters. The van der Waals surface area contributed by atoms with Gasteiger partial charge in [-0.2, -0.15) is 0 Å². The van der Waals surface area contributed by atoms with Gasteiger partial charge in [0.15, 0.2) is 0 Å². The Hall–Kier alpha value is -1.40. The molecule has 5 nitrogen and oxygen atoms in total. The number of hydrogen-bond acceptors (Lipinski definition) is 3. The van der Waals surface area contributed by atoms with Crippen molar-refractivity contribution in [2.24, 2.45) is 0 Å². The largest absolute Gasteiger partial charge is 0.334 e. The van der Waals surface area contributed by atoms with Crippen LogP contribution in [0.3, 0.4) is 0 Å². The first-order chi connectivity index (χ1) is 11.6. The molecule has 24 heavy (non-hydrogen) atoms. The Morgan fingerprint density at radius 2 is 1.92 bits per heavy atom. The Bertz CT molecular complexity index is 584. The lowest BCUT2D eigenvalue weighted by molar-refractivity contribution is 0.227. The molecule has 1 aliphatic carbocycles. The highest BCUT2D eigenvalue weighted by atomic mass is 32.2. The zero-order valence-corrected chi connectivity index (χ0v) is 15.1. The van der Waals surface area contributed by atoms with Crippen LogP contribution in [0.5, 0.6) is 0 Å². The van der Waals surface area contributed by atoms with Crippen molar-refractivity contribution in [1.82, 2.24) is 15.5 Å². The molecule has 1 aromatic rings. The normalized spacial score (nSPS) is 23.3. The van der Waals surface area contributed by atoms with Gasteiger partial charge in [0.05, 0.1) is 0 Å². The molecule has 2 fully saturated rings. The Kier molecular flexibility index (Phi) is 5.89. The zero-order chi connectivity index (χ0) is 16.9. The summed E-state index contributed by atoms with van der Waals surface area (Å²) >= 11 is 0. The SMILES string of the molecule is C[S@@](=O)c1ccc(CNC(=O)N[C@H]2CCN(C3CCCC3)C2)cc1. The van der Waals surface area contributed by atoms with E-state index in [1.165, 1.54) is 25.7 Å². The van der Waals surface area contributed by atoms with Gasteiger partial charge in [-0.1, -0.05) is 25.0 Å². The number of rotatable bonds is 5. The second kappa shape index (κ2) is 8.12. The van der Waals surface area contributed by atoms with Crippen molar-refractivity contribution < 1.29 is 9.00 Å². The van der Waals surface area contributed by atoms with E-state index in [1.807, 2.05) is 24.3 Å². The molecule has 0 radical (unpaired) electrons. The smallest absolute Gasteiger partial charge is 0.315 e. The minimum atomic E-state index is -0.962. The van der Waals surface area contributed by atoms with Crippen LogP contribution in [0.15, 0.2) is 29.2 Å². The van der Waals surface area contributed by atoms with E-state index in [0.29, 0.717) is 6.54 Å². The van der Waals surface area contributed by atoms with Gasteiger partial charge < -0.3 is 10.6 Å². The Morgan fingerprint density at radius 1 is 1.21 bits per heavy atom. The quantitative estimate of drug-likeness (QED) is 0.857. The van der Waals surface area contributed by atoms with Crippen molar-refractivity contribution in [2.45, 2.75) is 55.6 Å². The van der Waals surface area contributed by atoms with Crippen molar-refractivity contribution in [2.75, 3.05) is 19.3 Å². The molecule has 2 aliphatic rings. The predicted octanol–water partition coefficient (Wildman–Crippen LogP) is 2.24. The minimum absolute atomic E-state index is 0.101. The number of urea groups is 1. The second-order valence-corrected chi connectivity index (χ2v) is 8.22. The summed E-state index contributed by atoms with van der Waals surface area (Å²) in [5, 5.41) is 6.01. The molecule has 3 rings (SSSR count). The summed E-state index contributed by atoms with van der Waals surface area (Å²) in [6, 6.07) is 8.42. The maximum atomic E-state index is 12.1. The van der Waals surface area contributed by atoms with E-state index in [9.17, 15) is 9.00 Å². The number of carbonyl (C=O) groups excluding carboxylic acids is 1. The Morgan fingerprint density at radius 3 is 2.58 bits per heavy atom. The van der Waals surface area contributed by atoms with Gasteiger partial charge in [-0.15, -0.1) is 0 Å². The van der Waals surface area contributed by atoms with E-state index >= 15 is 0 Å². The highest BCUT2D eigenvalue weighted by Crippen LogP contribution is 2.26. The average molecular weight is 350 g/mol. The Labute approximate surface area is 146 Å². The summed E-state index contributed by atoms with van der Waals surface area (Å²) in [6.07, 6.45) is 8.04. The standard InChI is InChI=1S/C18H27N3O2S/c1-24(23)17-8-6-14(7-9-17)12-19-18(22)20-15-10-11-21(13-15)16-4-2-3-5-16/h6-9,15-16H,2-5,10-13H2,1H3,(H2,19,20,22)/t15-,24+/m0/s1. The fourth-order valence-corrected chi connectivity index (χ4v) is 4.24. The van der Waals surface area contributed by atoms with Crippen LogP contribution in [0.4, 0.5) is 4.79 Å². The van der Waals surface area contributed by atoms with E-state index in [2.05, 4.69) is 15.5 Å². The molecular weight excluding hydrogens is 322 g/mol. The lowest BCUT2D eigenvalue weighted by Gasteiger charge is -2.23. The molecule has 0 aromatic heterocycles. The summed E-state index contributed by atoms with van der Waals surface area (Å²) < 4.78 is 11.4. The summed E-state index contributed by atoms with van der Waals surface area (Å²) in [6.45, 7) is 2.57. The van der Waals surface area contributed by atoms with Crippen LogP contribution >= 0.6 is 0 Å². The first-order valence-electron chi connectivity index (χ1n) is 8.82. The van der Waals surface area contributed by atoms with E-state index in [0.717, 1.165) is 36.0 Å². The van der Waals surface area contributed by atoms with Crippen LogP contribution in [0, 0.1) is 0 Å². The van der Waals surface area contributed by atoms with Gasteiger partial charge in [0.1, 0.15) is 0 Å². The van der Waals surface area contributed by atoms with E-state index in [4.69, 9.17) is 0 Å². The van der Waals surface area contributed by atoms with E-state index in [-0.39, 0.29) is 12.1 Å². The summed E-state index contributed by atoms with van der Waals surface area (Å²) in [4.78, 5) is 15.4. The maximum absolute atomic E-state index is 12.1. The molecule has 1 heterocycles. The summed E-state index contributed by atoms with van der Waals surface area (Å²) in [5.41, 5.74) is 1.01. The summed E-state index contributed by atoms with van der Waals surface area (Å²) in [5.74, 6) is 0. The second-order valence-electron chi connectivity index (χ2n) is 6.84. The van der Waals surface area contributed by atoms with Crippen molar-refractivity contribution in [1.29, 1.82) is 0 Å². The molecule has 132 valence electrons. The van der Waals surface area contributed by atoms with Crippen LogP contribution < -0.4 is 10.6 Å². The third-order valence-corrected chi connectivity index (χ3v) is 6.04. The molecule has 0 bridgehead atoms. The number of nitrogens with one attached hydrogen (secondary N) is 2. The molecule has 1 saturated carbocycles. The molecule has 1 saturated heterocycles. The fraction of sp³-hybridized carbons (Fsp3) is 0.611. The molecule has 1 aromatic carbocycles. The van der Waals surface area contributed by atoms with Gasteiger partial charge in [-0.05, 0) is 37.0 Å². The van der Waals surface area contributed by atoms with Gasteiger partial charge >= 0.3 is 6.03 Å². The van der Waals surface area contributed by atoms with Gasteiger partial charge in [-0.3, -0.25) is 9.11 Å². The highest BCUT2D eigenvalue weighted by molar-refractivity contribution is 7.84. The summed E-state index contributed by atoms with van der Waals surface area (Å²) in [7, 11) is -0.962. The zero-order valence-electron chi connectivity index (χ0n) is 14.3.